The number of phenolic OH excluding ortho intramolecular Hbond substituents is 1. The summed E-state index contributed by atoms with van der Waals surface area (Å²) in [6.07, 6.45) is 0. The average molecular weight is 273 g/mol. The first-order chi connectivity index (χ1) is 9.13. The van der Waals surface area contributed by atoms with Gasteiger partial charge in [0.2, 0.25) is 0 Å². The van der Waals surface area contributed by atoms with Gasteiger partial charge in [0.25, 0.3) is 0 Å². The van der Waals surface area contributed by atoms with E-state index in [0.717, 1.165) is 5.56 Å². The largest absolute Gasteiger partial charge is 0.508 e. The third-order valence-corrected chi connectivity index (χ3v) is 3.08. The molecule has 0 aliphatic rings. The second-order valence-electron chi connectivity index (χ2n) is 4.16. The molecule has 0 saturated carbocycles. The quantitative estimate of drug-likeness (QED) is 0.733. The van der Waals surface area contributed by atoms with Gasteiger partial charge in [0.15, 0.2) is 5.43 Å². The first-order valence-corrected chi connectivity index (χ1v) is 6.04. The predicted molar refractivity (Wildman–Crippen MR) is 74.6 cm³/mol. The monoisotopic (exact) mass is 272 g/mol. The molecule has 3 nitrogen and oxygen atoms in total. The Balaban J connectivity index is 2.25. The van der Waals surface area contributed by atoms with Crippen LogP contribution < -0.4 is 5.43 Å². The minimum atomic E-state index is -0.124. The zero-order valence-electron chi connectivity index (χ0n) is 9.76. The van der Waals surface area contributed by atoms with Crippen molar-refractivity contribution in [2.24, 2.45) is 0 Å². The summed E-state index contributed by atoms with van der Waals surface area (Å²) in [5, 5.41) is 10.3. The third-order valence-electron chi connectivity index (χ3n) is 2.84. The second kappa shape index (κ2) is 4.44. The van der Waals surface area contributed by atoms with Crippen LogP contribution in [0.5, 0.6) is 5.75 Å². The highest BCUT2D eigenvalue weighted by Crippen LogP contribution is 2.25. The standard InChI is InChI=1S/C15H9ClO3/c16-10-3-6-12-13(18)8-14(19-15(12)7-10)9-1-4-11(17)5-2-9/h1-8,17H. The normalized spacial score (nSPS) is 10.8. The van der Waals surface area contributed by atoms with Crippen LogP contribution in [0.3, 0.4) is 0 Å². The molecule has 0 unspecified atom stereocenters. The van der Waals surface area contributed by atoms with Gasteiger partial charge in [-0.1, -0.05) is 11.6 Å². The van der Waals surface area contributed by atoms with E-state index in [1.54, 1.807) is 30.3 Å². The van der Waals surface area contributed by atoms with Gasteiger partial charge in [-0.05, 0) is 36.4 Å². The average Bonchev–Trinajstić information content (AvgIpc) is 2.38. The molecule has 2 aromatic carbocycles. The van der Waals surface area contributed by atoms with Crippen molar-refractivity contribution in [1.82, 2.24) is 0 Å². The Bertz CT molecular complexity index is 804. The molecule has 0 amide bonds. The maximum absolute atomic E-state index is 12.0. The van der Waals surface area contributed by atoms with E-state index in [9.17, 15) is 9.90 Å². The first-order valence-electron chi connectivity index (χ1n) is 5.66. The maximum atomic E-state index is 12.0. The summed E-state index contributed by atoms with van der Waals surface area (Å²) in [6.45, 7) is 0. The highest BCUT2D eigenvalue weighted by atomic mass is 35.5. The molecule has 1 aromatic heterocycles. The van der Waals surface area contributed by atoms with E-state index >= 15 is 0 Å². The lowest BCUT2D eigenvalue weighted by Crippen LogP contribution is -1.99. The Morgan fingerprint density at radius 3 is 2.47 bits per heavy atom. The molecule has 3 rings (SSSR count). The molecule has 0 bridgehead atoms. The molecule has 19 heavy (non-hydrogen) atoms. The third kappa shape index (κ3) is 2.20. The highest BCUT2D eigenvalue weighted by Gasteiger charge is 2.07. The van der Waals surface area contributed by atoms with Gasteiger partial charge in [0.1, 0.15) is 17.1 Å². The van der Waals surface area contributed by atoms with E-state index in [-0.39, 0.29) is 11.2 Å². The fourth-order valence-electron chi connectivity index (χ4n) is 1.90. The molecule has 1 heterocycles. The molecule has 0 saturated heterocycles. The summed E-state index contributed by atoms with van der Waals surface area (Å²) < 4.78 is 5.68. The van der Waals surface area contributed by atoms with Crippen LogP contribution in [0.15, 0.2) is 57.7 Å². The number of fused-ring (bicyclic) bond motifs is 1. The van der Waals surface area contributed by atoms with Crippen LogP contribution in [0.4, 0.5) is 0 Å². The number of halogens is 1. The molecule has 0 aliphatic carbocycles. The van der Waals surface area contributed by atoms with Gasteiger partial charge in [0, 0.05) is 22.7 Å². The molecular formula is C15H9ClO3. The molecule has 0 fully saturated rings. The van der Waals surface area contributed by atoms with Crippen molar-refractivity contribution in [2.45, 2.75) is 0 Å². The van der Waals surface area contributed by atoms with E-state index in [2.05, 4.69) is 0 Å². The van der Waals surface area contributed by atoms with Crippen molar-refractivity contribution >= 4 is 22.6 Å². The summed E-state index contributed by atoms with van der Waals surface area (Å²) in [6, 6.07) is 12.8. The van der Waals surface area contributed by atoms with Crippen molar-refractivity contribution in [1.29, 1.82) is 0 Å². The summed E-state index contributed by atoms with van der Waals surface area (Å²) in [5.74, 6) is 0.606. The molecule has 0 spiro atoms. The van der Waals surface area contributed by atoms with Crippen LogP contribution >= 0.6 is 11.6 Å². The van der Waals surface area contributed by atoms with Gasteiger partial charge < -0.3 is 9.52 Å². The van der Waals surface area contributed by atoms with Gasteiger partial charge in [-0.2, -0.15) is 0 Å². The zero-order chi connectivity index (χ0) is 13.4. The number of aromatic hydroxyl groups is 1. The van der Waals surface area contributed by atoms with E-state index in [4.69, 9.17) is 16.0 Å². The molecule has 1 N–H and O–H groups in total. The number of hydrogen-bond acceptors (Lipinski definition) is 3. The lowest BCUT2D eigenvalue weighted by molar-refractivity contribution is 0.475. The zero-order valence-corrected chi connectivity index (χ0v) is 10.5. The fraction of sp³-hybridized carbons (Fsp3) is 0. The van der Waals surface area contributed by atoms with Crippen LogP contribution in [0.25, 0.3) is 22.3 Å². The summed E-state index contributed by atoms with van der Waals surface area (Å²) in [7, 11) is 0. The van der Waals surface area contributed by atoms with Gasteiger partial charge in [-0.3, -0.25) is 4.79 Å². The maximum Gasteiger partial charge on any atom is 0.193 e. The van der Waals surface area contributed by atoms with Crippen LogP contribution in [0.1, 0.15) is 0 Å². The topological polar surface area (TPSA) is 50.4 Å². The number of phenols is 1. The van der Waals surface area contributed by atoms with Crippen LogP contribution in [0.2, 0.25) is 5.02 Å². The molecule has 0 aliphatic heterocycles. The predicted octanol–water partition coefficient (Wildman–Crippen LogP) is 3.82. The van der Waals surface area contributed by atoms with E-state index in [1.807, 2.05) is 0 Å². The molecule has 0 radical (unpaired) electrons. The molecular weight excluding hydrogens is 264 g/mol. The summed E-state index contributed by atoms with van der Waals surface area (Å²) >= 11 is 5.90. The van der Waals surface area contributed by atoms with Crippen molar-refractivity contribution in [3.63, 3.8) is 0 Å². The Hall–Kier alpha value is -2.26. The molecule has 0 atom stereocenters. The lowest BCUT2D eigenvalue weighted by Gasteiger charge is -2.03. The van der Waals surface area contributed by atoms with Crippen molar-refractivity contribution in [2.75, 3.05) is 0 Å². The fourth-order valence-corrected chi connectivity index (χ4v) is 2.06. The number of rotatable bonds is 1. The summed E-state index contributed by atoms with van der Waals surface area (Å²) in [4.78, 5) is 12.0. The Morgan fingerprint density at radius 2 is 1.74 bits per heavy atom. The number of hydrogen-bond donors (Lipinski definition) is 1. The number of benzene rings is 2. The van der Waals surface area contributed by atoms with Crippen LogP contribution in [0, 0.1) is 0 Å². The van der Waals surface area contributed by atoms with Crippen LogP contribution in [-0.4, -0.2) is 5.11 Å². The molecule has 94 valence electrons. The van der Waals surface area contributed by atoms with Gasteiger partial charge >= 0.3 is 0 Å². The minimum Gasteiger partial charge on any atom is -0.508 e. The first kappa shape index (κ1) is 11.8. The van der Waals surface area contributed by atoms with Crippen LogP contribution in [-0.2, 0) is 0 Å². The summed E-state index contributed by atoms with van der Waals surface area (Å²) in [5.41, 5.74) is 1.04. The molecule has 4 heteroatoms. The van der Waals surface area contributed by atoms with Gasteiger partial charge in [-0.25, -0.2) is 0 Å². The van der Waals surface area contributed by atoms with E-state index in [0.29, 0.717) is 21.8 Å². The Morgan fingerprint density at radius 1 is 1.00 bits per heavy atom. The van der Waals surface area contributed by atoms with Crippen molar-refractivity contribution in [3.05, 3.63) is 63.8 Å². The van der Waals surface area contributed by atoms with Gasteiger partial charge in [0.05, 0.1) is 5.39 Å². The Kier molecular flexibility index (Phi) is 2.76. The van der Waals surface area contributed by atoms with Crippen molar-refractivity contribution in [3.8, 4) is 17.1 Å². The van der Waals surface area contributed by atoms with Gasteiger partial charge in [-0.15, -0.1) is 0 Å². The van der Waals surface area contributed by atoms with E-state index < -0.39 is 0 Å². The minimum absolute atomic E-state index is 0.124. The Labute approximate surface area is 113 Å². The second-order valence-corrected chi connectivity index (χ2v) is 4.60. The van der Waals surface area contributed by atoms with E-state index in [1.165, 1.54) is 18.2 Å². The van der Waals surface area contributed by atoms with Crippen molar-refractivity contribution < 1.29 is 9.52 Å². The smallest absolute Gasteiger partial charge is 0.193 e. The SMILES string of the molecule is O=c1cc(-c2ccc(O)cc2)oc2cc(Cl)ccc12. The molecule has 3 aromatic rings. The highest BCUT2D eigenvalue weighted by molar-refractivity contribution is 6.31. The lowest BCUT2D eigenvalue weighted by atomic mass is 10.1.